The zero-order valence-corrected chi connectivity index (χ0v) is 10.7. The van der Waals surface area contributed by atoms with Gasteiger partial charge in [-0.15, -0.1) is 0 Å². The lowest BCUT2D eigenvalue weighted by Gasteiger charge is -2.25. The minimum absolute atomic E-state index is 0.115. The molecular weight excluding hydrogens is 176 g/mol. The van der Waals surface area contributed by atoms with Gasteiger partial charge in [0.1, 0.15) is 0 Å². The van der Waals surface area contributed by atoms with Crippen LogP contribution in [0.5, 0.6) is 0 Å². The molecule has 88 valence electrons. The molecule has 3 nitrogen and oxygen atoms in total. The van der Waals surface area contributed by atoms with Gasteiger partial charge >= 0.3 is 0 Å². The summed E-state index contributed by atoms with van der Waals surface area (Å²) in [5.41, 5.74) is 4.61. The lowest BCUT2D eigenvalue weighted by atomic mass is 10.1. The van der Waals surface area contributed by atoms with Crippen molar-refractivity contribution in [3.05, 3.63) is 0 Å². The normalized spacial score (nSPS) is 11.1. The highest BCUT2D eigenvalue weighted by molar-refractivity contribution is 4.76. The van der Waals surface area contributed by atoms with Crippen molar-refractivity contribution in [3.63, 3.8) is 0 Å². The zero-order chi connectivity index (χ0) is 11.6. The number of ether oxygens (including phenoxy) is 1. The lowest BCUT2D eigenvalue weighted by Crippen LogP contribution is -2.43. The molecule has 0 radical (unpaired) electrons. The van der Waals surface area contributed by atoms with Crippen LogP contribution in [0.2, 0.25) is 0 Å². The Morgan fingerprint density at radius 3 is 2.14 bits per heavy atom. The Labute approximate surface area is 89.4 Å². The SMILES string of the molecule is CN.COCC(C)(C)NCCC(C)C. The maximum absolute atomic E-state index is 5.10. The molecule has 0 amide bonds. The molecule has 0 aromatic carbocycles. The highest BCUT2D eigenvalue weighted by Crippen LogP contribution is 2.04. The third kappa shape index (κ3) is 11.9. The molecule has 3 heteroatoms. The molecule has 0 spiro atoms. The van der Waals surface area contributed by atoms with E-state index in [-0.39, 0.29) is 5.54 Å². The molecule has 0 fully saturated rings. The summed E-state index contributed by atoms with van der Waals surface area (Å²) >= 11 is 0. The highest BCUT2D eigenvalue weighted by atomic mass is 16.5. The molecule has 0 unspecified atom stereocenters. The summed E-state index contributed by atoms with van der Waals surface area (Å²) in [6.45, 7) is 10.7. The minimum atomic E-state index is 0.115. The fourth-order valence-electron chi connectivity index (χ4n) is 1.11. The van der Waals surface area contributed by atoms with E-state index in [1.165, 1.54) is 13.5 Å². The van der Waals surface area contributed by atoms with Gasteiger partial charge in [0.05, 0.1) is 6.61 Å². The number of nitrogens with one attached hydrogen (secondary N) is 1. The summed E-state index contributed by atoms with van der Waals surface area (Å²) in [6.07, 6.45) is 1.23. The summed E-state index contributed by atoms with van der Waals surface area (Å²) in [5, 5.41) is 3.47. The van der Waals surface area contributed by atoms with Crippen LogP contribution in [0.25, 0.3) is 0 Å². The first-order valence-corrected chi connectivity index (χ1v) is 5.29. The molecule has 0 heterocycles. The van der Waals surface area contributed by atoms with Gasteiger partial charge in [0, 0.05) is 12.6 Å². The van der Waals surface area contributed by atoms with Gasteiger partial charge < -0.3 is 15.8 Å². The Hall–Kier alpha value is -0.120. The van der Waals surface area contributed by atoms with Gasteiger partial charge in [-0.25, -0.2) is 0 Å². The first-order valence-electron chi connectivity index (χ1n) is 5.29. The van der Waals surface area contributed by atoms with Gasteiger partial charge in [0.2, 0.25) is 0 Å². The van der Waals surface area contributed by atoms with Crippen LogP contribution in [-0.4, -0.2) is 32.8 Å². The van der Waals surface area contributed by atoms with E-state index in [2.05, 4.69) is 38.7 Å². The second-order valence-electron chi connectivity index (χ2n) is 4.43. The van der Waals surface area contributed by atoms with Crippen molar-refractivity contribution in [1.29, 1.82) is 0 Å². The smallest absolute Gasteiger partial charge is 0.0639 e. The van der Waals surface area contributed by atoms with Crippen molar-refractivity contribution in [2.45, 2.75) is 39.7 Å². The minimum Gasteiger partial charge on any atom is -0.383 e. The van der Waals surface area contributed by atoms with Crippen LogP contribution in [-0.2, 0) is 4.74 Å². The van der Waals surface area contributed by atoms with E-state index in [9.17, 15) is 0 Å². The average molecular weight is 204 g/mol. The number of hydrogen-bond acceptors (Lipinski definition) is 3. The van der Waals surface area contributed by atoms with E-state index in [4.69, 9.17) is 4.74 Å². The highest BCUT2D eigenvalue weighted by Gasteiger charge is 2.15. The standard InChI is InChI=1S/C10H23NO.CH5N/c1-9(2)6-7-11-10(3,4)8-12-5;1-2/h9,11H,6-8H2,1-5H3;2H2,1H3. The number of rotatable bonds is 6. The van der Waals surface area contributed by atoms with Crippen LogP contribution >= 0.6 is 0 Å². The molecule has 0 aliphatic carbocycles. The van der Waals surface area contributed by atoms with Gasteiger partial charge in [-0.1, -0.05) is 13.8 Å². The maximum atomic E-state index is 5.10. The number of nitrogens with two attached hydrogens (primary N) is 1. The van der Waals surface area contributed by atoms with E-state index < -0.39 is 0 Å². The summed E-state index contributed by atoms with van der Waals surface area (Å²) < 4.78 is 5.10. The van der Waals surface area contributed by atoms with Crippen molar-refractivity contribution in [3.8, 4) is 0 Å². The molecule has 0 aromatic heterocycles. The van der Waals surface area contributed by atoms with Crippen LogP contribution in [0.1, 0.15) is 34.1 Å². The van der Waals surface area contributed by atoms with Crippen LogP contribution in [0.15, 0.2) is 0 Å². The number of hydrogen-bond donors (Lipinski definition) is 2. The second kappa shape index (κ2) is 9.44. The van der Waals surface area contributed by atoms with Crippen molar-refractivity contribution in [2.75, 3.05) is 27.3 Å². The summed E-state index contributed by atoms with van der Waals surface area (Å²) in [7, 11) is 3.24. The third-order valence-electron chi connectivity index (χ3n) is 1.83. The molecule has 0 saturated heterocycles. The van der Waals surface area contributed by atoms with E-state index in [0.29, 0.717) is 0 Å². The Morgan fingerprint density at radius 1 is 1.29 bits per heavy atom. The van der Waals surface area contributed by atoms with Gasteiger partial charge in [0.15, 0.2) is 0 Å². The molecule has 0 aromatic rings. The molecule has 0 atom stereocenters. The van der Waals surface area contributed by atoms with Gasteiger partial charge in [-0.3, -0.25) is 0 Å². The monoisotopic (exact) mass is 204 g/mol. The van der Waals surface area contributed by atoms with E-state index >= 15 is 0 Å². The molecule has 3 N–H and O–H groups in total. The zero-order valence-electron chi connectivity index (χ0n) is 10.7. The quantitative estimate of drug-likeness (QED) is 0.691. The largest absolute Gasteiger partial charge is 0.383 e. The molecule has 0 saturated carbocycles. The maximum Gasteiger partial charge on any atom is 0.0639 e. The average Bonchev–Trinajstić information content (AvgIpc) is 2.06. The molecule has 0 aliphatic rings. The topological polar surface area (TPSA) is 47.3 Å². The first kappa shape index (κ1) is 16.3. The lowest BCUT2D eigenvalue weighted by molar-refractivity contribution is 0.128. The number of methoxy groups -OCH3 is 1. The van der Waals surface area contributed by atoms with E-state index in [1.54, 1.807) is 7.11 Å². The first-order chi connectivity index (χ1) is 6.48. The summed E-state index contributed by atoms with van der Waals surface area (Å²) in [5.74, 6) is 0.774. The van der Waals surface area contributed by atoms with Gasteiger partial charge in [0.25, 0.3) is 0 Å². The van der Waals surface area contributed by atoms with Crippen molar-refractivity contribution in [1.82, 2.24) is 5.32 Å². The van der Waals surface area contributed by atoms with Crippen molar-refractivity contribution < 1.29 is 4.74 Å². The summed E-state index contributed by atoms with van der Waals surface area (Å²) in [6, 6.07) is 0. The van der Waals surface area contributed by atoms with E-state index in [0.717, 1.165) is 19.1 Å². The molecule has 0 rings (SSSR count). The third-order valence-corrected chi connectivity index (χ3v) is 1.83. The van der Waals surface area contributed by atoms with Gasteiger partial charge in [-0.05, 0) is 39.8 Å². The molecular formula is C11H28N2O. The fourth-order valence-corrected chi connectivity index (χ4v) is 1.11. The Balaban J connectivity index is 0. The van der Waals surface area contributed by atoms with Gasteiger partial charge in [-0.2, -0.15) is 0 Å². The van der Waals surface area contributed by atoms with Crippen molar-refractivity contribution >= 4 is 0 Å². The van der Waals surface area contributed by atoms with Crippen LogP contribution in [0, 0.1) is 5.92 Å². The Bertz CT molecular complexity index is 114. The predicted octanol–water partition coefficient (Wildman–Crippen LogP) is 1.62. The molecule has 0 aliphatic heterocycles. The van der Waals surface area contributed by atoms with E-state index in [1.807, 2.05) is 0 Å². The summed E-state index contributed by atoms with van der Waals surface area (Å²) in [4.78, 5) is 0. The predicted molar refractivity (Wildman–Crippen MR) is 63.5 cm³/mol. The molecule has 14 heavy (non-hydrogen) atoms. The van der Waals surface area contributed by atoms with Crippen LogP contribution in [0.4, 0.5) is 0 Å². The fraction of sp³-hybridized carbons (Fsp3) is 1.00. The van der Waals surface area contributed by atoms with Crippen LogP contribution in [0.3, 0.4) is 0 Å². The van der Waals surface area contributed by atoms with Crippen LogP contribution < -0.4 is 11.1 Å². The Kier molecular flexibility index (Phi) is 11.0. The Morgan fingerprint density at radius 2 is 1.79 bits per heavy atom. The molecule has 0 bridgehead atoms. The van der Waals surface area contributed by atoms with Crippen molar-refractivity contribution in [2.24, 2.45) is 11.7 Å². The second-order valence-corrected chi connectivity index (χ2v) is 4.43.